The lowest BCUT2D eigenvalue weighted by molar-refractivity contribution is -0.120. The van der Waals surface area contributed by atoms with E-state index in [1.54, 1.807) is 11.3 Å². The number of rotatable bonds is 4. The second-order valence-electron chi connectivity index (χ2n) is 6.76. The summed E-state index contributed by atoms with van der Waals surface area (Å²) >= 11 is 6.83. The number of thiocarbonyl (C=S) groups is 1. The average molecular weight is 381 g/mol. The van der Waals surface area contributed by atoms with Gasteiger partial charge in [0.2, 0.25) is 5.91 Å². The number of anilines is 1. The zero-order valence-electron chi connectivity index (χ0n) is 14.5. The third-order valence-corrected chi connectivity index (χ3v) is 6.40. The van der Waals surface area contributed by atoms with Crippen LogP contribution in [-0.2, 0) is 22.4 Å². The fourth-order valence-electron chi connectivity index (χ4n) is 3.76. The first-order valence-corrected chi connectivity index (χ1v) is 10.1. The first kappa shape index (κ1) is 18.3. The van der Waals surface area contributed by atoms with Gasteiger partial charge in [-0.05, 0) is 62.2 Å². The van der Waals surface area contributed by atoms with Crippen molar-refractivity contribution in [2.75, 3.05) is 12.4 Å². The molecule has 7 heteroatoms. The third kappa shape index (κ3) is 4.39. The fourth-order valence-corrected chi connectivity index (χ4v) is 5.32. The highest BCUT2D eigenvalue weighted by Gasteiger charge is 2.27. The molecule has 0 aromatic carbocycles. The van der Waals surface area contributed by atoms with Crippen molar-refractivity contribution in [3.05, 3.63) is 16.0 Å². The summed E-state index contributed by atoms with van der Waals surface area (Å²) in [5.74, 6) is 0.0785. The Labute approximate surface area is 157 Å². The van der Waals surface area contributed by atoms with Gasteiger partial charge in [0.25, 0.3) is 0 Å². The van der Waals surface area contributed by atoms with E-state index in [9.17, 15) is 9.59 Å². The molecule has 136 valence electrons. The first-order valence-electron chi connectivity index (χ1n) is 8.92. The van der Waals surface area contributed by atoms with Gasteiger partial charge in [0.15, 0.2) is 5.11 Å². The van der Waals surface area contributed by atoms with Crippen molar-refractivity contribution < 1.29 is 14.3 Å². The SMILES string of the molecule is COC(=O)c1c(NC(=S)NC(=O)CC2CCCC2)sc2c1CCCC2. The van der Waals surface area contributed by atoms with Crippen LogP contribution in [0.3, 0.4) is 0 Å². The third-order valence-electron chi connectivity index (χ3n) is 4.99. The summed E-state index contributed by atoms with van der Waals surface area (Å²) in [6.07, 6.45) is 9.27. The molecule has 2 N–H and O–H groups in total. The number of nitrogens with one attached hydrogen (secondary N) is 2. The molecule has 1 saturated carbocycles. The molecular formula is C18H24N2O3S2. The van der Waals surface area contributed by atoms with Gasteiger partial charge in [-0.2, -0.15) is 0 Å². The van der Waals surface area contributed by atoms with Crippen LogP contribution >= 0.6 is 23.6 Å². The quantitative estimate of drug-likeness (QED) is 0.614. The molecule has 5 nitrogen and oxygen atoms in total. The van der Waals surface area contributed by atoms with Crippen molar-refractivity contribution in [3.8, 4) is 0 Å². The van der Waals surface area contributed by atoms with Gasteiger partial charge in [0.1, 0.15) is 5.00 Å². The molecule has 1 heterocycles. The van der Waals surface area contributed by atoms with E-state index in [1.165, 1.54) is 24.8 Å². The van der Waals surface area contributed by atoms with Crippen LogP contribution in [0.4, 0.5) is 5.00 Å². The Morgan fingerprint density at radius 2 is 1.92 bits per heavy atom. The number of carbonyl (C=O) groups is 2. The van der Waals surface area contributed by atoms with Crippen LogP contribution in [0.5, 0.6) is 0 Å². The minimum Gasteiger partial charge on any atom is -0.465 e. The van der Waals surface area contributed by atoms with Crippen LogP contribution in [-0.4, -0.2) is 24.1 Å². The van der Waals surface area contributed by atoms with Crippen LogP contribution < -0.4 is 10.6 Å². The molecule has 0 spiro atoms. The number of amides is 1. The Morgan fingerprint density at radius 3 is 2.64 bits per heavy atom. The number of esters is 1. The Balaban J connectivity index is 1.67. The monoisotopic (exact) mass is 380 g/mol. The smallest absolute Gasteiger partial charge is 0.341 e. The second-order valence-corrected chi connectivity index (χ2v) is 8.28. The lowest BCUT2D eigenvalue weighted by Gasteiger charge is -2.13. The van der Waals surface area contributed by atoms with Gasteiger partial charge in [0.05, 0.1) is 12.7 Å². The van der Waals surface area contributed by atoms with E-state index in [-0.39, 0.29) is 17.0 Å². The Kier molecular flexibility index (Phi) is 6.06. The lowest BCUT2D eigenvalue weighted by Crippen LogP contribution is -2.35. The van der Waals surface area contributed by atoms with Crippen molar-refractivity contribution in [1.82, 2.24) is 5.32 Å². The normalized spacial score (nSPS) is 17.0. The molecule has 1 aromatic heterocycles. The van der Waals surface area contributed by atoms with Crippen LogP contribution in [0.2, 0.25) is 0 Å². The van der Waals surface area contributed by atoms with Gasteiger partial charge in [-0.1, -0.05) is 12.8 Å². The number of carbonyl (C=O) groups excluding carboxylic acids is 2. The zero-order valence-corrected chi connectivity index (χ0v) is 16.1. The number of fused-ring (bicyclic) bond motifs is 1. The summed E-state index contributed by atoms with van der Waals surface area (Å²) in [6, 6.07) is 0. The molecular weight excluding hydrogens is 356 g/mol. The van der Waals surface area contributed by atoms with Crippen LogP contribution in [0.1, 0.15) is 65.7 Å². The summed E-state index contributed by atoms with van der Waals surface area (Å²) in [7, 11) is 1.39. The van der Waals surface area contributed by atoms with E-state index < -0.39 is 0 Å². The van der Waals surface area contributed by atoms with E-state index in [4.69, 9.17) is 17.0 Å². The standard InChI is InChI=1S/C18H24N2O3S2/c1-23-17(22)15-12-8-4-5-9-13(12)25-16(15)20-18(24)19-14(21)10-11-6-2-3-7-11/h11H,2-10H2,1H3,(H2,19,20,21,24). The Morgan fingerprint density at radius 1 is 1.20 bits per heavy atom. The maximum Gasteiger partial charge on any atom is 0.341 e. The van der Waals surface area contributed by atoms with Gasteiger partial charge >= 0.3 is 5.97 Å². The Bertz CT molecular complexity index is 678. The molecule has 0 aliphatic heterocycles. The van der Waals surface area contributed by atoms with E-state index in [0.29, 0.717) is 22.9 Å². The summed E-state index contributed by atoms with van der Waals surface area (Å²) in [5, 5.41) is 6.75. The molecule has 1 amide bonds. The minimum atomic E-state index is -0.345. The maximum atomic E-state index is 12.2. The van der Waals surface area contributed by atoms with E-state index >= 15 is 0 Å². The van der Waals surface area contributed by atoms with Crippen molar-refractivity contribution in [3.63, 3.8) is 0 Å². The lowest BCUT2D eigenvalue weighted by atomic mass is 9.95. The number of thiophene rings is 1. The molecule has 1 fully saturated rings. The van der Waals surface area contributed by atoms with Gasteiger partial charge < -0.3 is 15.4 Å². The molecule has 0 radical (unpaired) electrons. The van der Waals surface area contributed by atoms with Crippen LogP contribution in [0, 0.1) is 5.92 Å². The van der Waals surface area contributed by atoms with Crippen LogP contribution in [0.15, 0.2) is 0 Å². The van der Waals surface area contributed by atoms with Gasteiger partial charge in [-0.3, -0.25) is 4.79 Å². The van der Waals surface area contributed by atoms with Gasteiger partial charge in [-0.25, -0.2) is 4.79 Å². The van der Waals surface area contributed by atoms with Crippen LogP contribution in [0.25, 0.3) is 0 Å². The number of hydrogen-bond donors (Lipinski definition) is 2. The van der Waals surface area contributed by atoms with E-state index in [2.05, 4.69) is 10.6 Å². The molecule has 25 heavy (non-hydrogen) atoms. The zero-order chi connectivity index (χ0) is 17.8. The van der Waals surface area contributed by atoms with Crippen molar-refractivity contribution in [2.45, 2.75) is 57.8 Å². The van der Waals surface area contributed by atoms with Crippen molar-refractivity contribution in [1.29, 1.82) is 0 Å². The van der Waals surface area contributed by atoms with Gasteiger partial charge in [-0.15, -0.1) is 11.3 Å². The van der Waals surface area contributed by atoms with E-state index in [1.807, 2.05) is 0 Å². The van der Waals surface area contributed by atoms with Crippen molar-refractivity contribution in [2.24, 2.45) is 5.92 Å². The number of ether oxygens (including phenoxy) is 1. The maximum absolute atomic E-state index is 12.2. The molecule has 0 bridgehead atoms. The minimum absolute atomic E-state index is 0.0506. The number of hydrogen-bond acceptors (Lipinski definition) is 5. The average Bonchev–Trinajstić information content (AvgIpc) is 3.20. The predicted molar refractivity (Wildman–Crippen MR) is 103 cm³/mol. The first-order chi connectivity index (χ1) is 12.1. The molecule has 0 unspecified atom stereocenters. The highest BCUT2D eigenvalue weighted by atomic mass is 32.1. The molecule has 0 atom stereocenters. The number of methoxy groups -OCH3 is 1. The highest BCUT2D eigenvalue weighted by Crippen LogP contribution is 2.38. The van der Waals surface area contributed by atoms with E-state index in [0.717, 1.165) is 44.1 Å². The second kappa shape index (κ2) is 8.27. The highest BCUT2D eigenvalue weighted by molar-refractivity contribution is 7.80. The molecule has 1 aromatic rings. The molecule has 2 aliphatic carbocycles. The molecule has 0 saturated heterocycles. The Hall–Kier alpha value is -1.47. The van der Waals surface area contributed by atoms with Gasteiger partial charge in [0, 0.05) is 11.3 Å². The summed E-state index contributed by atoms with van der Waals surface area (Å²) in [6.45, 7) is 0. The largest absolute Gasteiger partial charge is 0.465 e. The molecule has 2 aliphatic rings. The number of aryl methyl sites for hydroxylation is 1. The topological polar surface area (TPSA) is 67.4 Å². The summed E-state index contributed by atoms with van der Waals surface area (Å²) in [5.41, 5.74) is 1.65. The predicted octanol–water partition coefficient (Wildman–Crippen LogP) is 3.81. The molecule has 3 rings (SSSR count). The summed E-state index contributed by atoms with van der Waals surface area (Å²) in [4.78, 5) is 25.6. The van der Waals surface area contributed by atoms with Crippen molar-refractivity contribution >= 4 is 45.5 Å². The summed E-state index contributed by atoms with van der Waals surface area (Å²) < 4.78 is 4.95. The fraction of sp³-hybridized carbons (Fsp3) is 0.611.